The number of fused-ring (bicyclic) bond motifs is 1. The molecule has 48 heavy (non-hydrogen) atoms. The van der Waals surface area contributed by atoms with Gasteiger partial charge in [0.1, 0.15) is 6.04 Å². The van der Waals surface area contributed by atoms with Gasteiger partial charge in [0.2, 0.25) is 11.8 Å². The number of aliphatic hydroxyl groups excluding tert-OH is 1. The van der Waals surface area contributed by atoms with Crippen LogP contribution in [0, 0.1) is 11.8 Å². The van der Waals surface area contributed by atoms with Gasteiger partial charge in [-0.1, -0.05) is 49.4 Å². The first-order valence-electron chi connectivity index (χ1n) is 17.5. The molecular weight excluding hydrogens is 621 g/mol. The van der Waals surface area contributed by atoms with E-state index in [1.807, 2.05) is 66.4 Å². The number of rotatable bonds is 16. The maximum Gasteiger partial charge on any atom is 0.251 e. The van der Waals surface area contributed by atoms with Crippen LogP contribution in [-0.4, -0.2) is 93.5 Å². The molecular formula is C39H52N4O4S. The van der Waals surface area contributed by atoms with Crippen molar-refractivity contribution < 1.29 is 19.5 Å². The number of nitrogens with zero attached hydrogens (tertiary/aromatic N) is 4. The number of thioether (sulfide) groups is 1. The molecule has 0 saturated carbocycles. The van der Waals surface area contributed by atoms with Gasteiger partial charge in [-0.25, -0.2) is 0 Å². The minimum atomic E-state index is -0.859. The van der Waals surface area contributed by atoms with Crippen molar-refractivity contribution in [3.05, 3.63) is 85.5 Å². The molecule has 0 radical (unpaired) electrons. The number of likely N-dealkylation sites (tertiary alicyclic amines) is 1. The molecule has 2 bridgehead atoms. The summed E-state index contributed by atoms with van der Waals surface area (Å²) >= 11 is 1.67. The molecule has 258 valence electrons. The van der Waals surface area contributed by atoms with E-state index in [0.717, 1.165) is 42.9 Å². The lowest BCUT2D eigenvalue weighted by Gasteiger charge is -2.40. The lowest BCUT2D eigenvalue weighted by Crippen LogP contribution is -2.58. The van der Waals surface area contributed by atoms with Gasteiger partial charge in [0.25, 0.3) is 5.91 Å². The fraction of sp³-hybridized carbons (Fsp3) is 0.513. The number of hydrogen-bond donors (Lipinski definition) is 1. The van der Waals surface area contributed by atoms with E-state index in [9.17, 15) is 14.7 Å². The number of amides is 3. The van der Waals surface area contributed by atoms with Crippen LogP contribution >= 0.6 is 11.8 Å². The number of benzene rings is 2. The molecule has 9 heteroatoms. The first-order chi connectivity index (χ1) is 23.1. The van der Waals surface area contributed by atoms with E-state index in [0.29, 0.717) is 25.9 Å². The largest absolute Gasteiger partial charge is 0.394 e. The monoisotopic (exact) mass is 672 g/mol. The highest BCUT2D eigenvalue weighted by atomic mass is 32.2. The lowest BCUT2D eigenvalue weighted by molar-refractivity contribution is -0.146. The summed E-state index contributed by atoms with van der Waals surface area (Å²) in [6, 6.07) is 16.3. The zero-order valence-electron chi connectivity index (χ0n) is 29.0. The summed E-state index contributed by atoms with van der Waals surface area (Å²) in [6.07, 6.45) is 6.01. The molecule has 1 N–H and O–H groups in total. The van der Waals surface area contributed by atoms with Gasteiger partial charge >= 0.3 is 0 Å². The maximum atomic E-state index is 15.2. The van der Waals surface area contributed by atoms with Gasteiger partial charge in [0.15, 0.2) is 0 Å². The molecule has 8 nitrogen and oxygen atoms in total. The fourth-order valence-electron chi connectivity index (χ4n) is 8.49. The highest BCUT2D eigenvalue weighted by molar-refractivity contribution is 8.02. The van der Waals surface area contributed by atoms with Crippen molar-refractivity contribution in [3.63, 3.8) is 0 Å². The Morgan fingerprint density at radius 2 is 1.62 bits per heavy atom. The molecule has 0 aliphatic carbocycles. The van der Waals surface area contributed by atoms with Crippen molar-refractivity contribution in [2.75, 3.05) is 49.1 Å². The SMILES string of the molecule is C=CCN(CCC)C(=O)[C@@H]1[C@H]2C(=O)N([C@@H](CO)Cc3ccccc3)C(C(=O)N(CC=C)c3ccc(N(CC)CC)cc3)C23CC[C@@]1(C)S3. The second-order valence-electron chi connectivity index (χ2n) is 13.5. The smallest absolute Gasteiger partial charge is 0.251 e. The molecule has 3 aliphatic rings. The van der Waals surface area contributed by atoms with Gasteiger partial charge in [-0.2, -0.15) is 0 Å². The average molecular weight is 673 g/mol. The van der Waals surface area contributed by atoms with Gasteiger partial charge in [-0.3, -0.25) is 14.4 Å². The van der Waals surface area contributed by atoms with E-state index in [1.54, 1.807) is 33.7 Å². The Hall–Kier alpha value is -3.56. The second kappa shape index (κ2) is 14.9. The molecule has 1 spiro atoms. The van der Waals surface area contributed by atoms with Gasteiger partial charge in [-0.15, -0.1) is 24.9 Å². The van der Waals surface area contributed by atoms with Gasteiger partial charge in [0.05, 0.1) is 29.2 Å². The predicted octanol–water partition coefficient (Wildman–Crippen LogP) is 5.56. The highest BCUT2D eigenvalue weighted by Gasteiger charge is 2.78. The zero-order valence-corrected chi connectivity index (χ0v) is 29.8. The van der Waals surface area contributed by atoms with Crippen molar-refractivity contribution >= 4 is 40.9 Å². The van der Waals surface area contributed by atoms with E-state index in [-0.39, 0.29) is 30.9 Å². The molecule has 6 atom stereocenters. The quantitative estimate of drug-likeness (QED) is 0.235. The number of carbonyl (C=O) groups is 3. The standard InChI is InChI=1S/C39H52N4O4S/c1-7-23-41(24-8-2)35(45)32-33-36(46)43(31(27-44)26-28-15-13-12-14-16-28)34(39(33)22-21-38(32,6)48-39)37(47)42(25-9-3)30-19-17-29(18-20-30)40(10-4)11-5/h7,9,12-20,31-34,44H,1,3,8,10-11,21-27H2,2,4-6H3/t31-,32+,33+,34?,38-,39?/m1/s1. The molecule has 2 aromatic carbocycles. The fourth-order valence-corrected chi connectivity index (χ4v) is 10.8. The third kappa shape index (κ3) is 6.20. The first kappa shape index (κ1) is 35.7. The summed E-state index contributed by atoms with van der Waals surface area (Å²) in [6.45, 7) is 18.9. The summed E-state index contributed by atoms with van der Waals surface area (Å²) in [5.41, 5.74) is 2.77. The summed E-state index contributed by atoms with van der Waals surface area (Å²) in [5.74, 6) is -1.70. The third-order valence-electron chi connectivity index (χ3n) is 10.7. The van der Waals surface area contributed by atoms with Crippen molar-refractivity contribution in [2.24, 2.45) is 11.8 Å². The van der Waals surface area contributed by atoms with Gasteiger partial charge in [0, 0.05) is 48.8 Å². The van der Waals surface area contributed by atoms with Crippen LogP contribution in [0.4, 0.5) is 11.4 Å². The summed E-state index contributed by atoms with van der Waals surface area (Å²) in [5, 5.41) is 10.9. The van der Waals surface area contributed by atoms with Gasteiger partial charge in [-0.05, 0) is 76.3 Å². The van der Waals surface area contributed by atoms with Crippen LogP contribution in [-0.2, 0) is 20.8 Å². The lowest BCUT2D eigenvalue weighted by atomic mass is 9.66. The Morgan fingerprint density at radius 3 is 2.21 bits per heavy atom. The van der Waals surface area contributed by atoms with Crippen LogP contribution < -0.4 is 9.80 Å². The van der Waals surface area contributed by atoms with E-state index >= 15 is 4.79 Å². The van der Waals surface area contributed by atoms with Crippen LogP contribution in [0.3, 0.4) is 0 Å². The van der Waals surface area contributed by atoms with Crippen LogP contribution in [0.25, 0.3) is 0 Å². The van der Waals surface area contributed by atoms with Crippen LogP contribution in [0.2, 0.25) is 0 Å². The molecule has 5 rings (SSSR count). The zero-order chi connectivity index (χ0) is 34.6. The topological polar surface area (TPSA) is 84.4 Å². The van der Waals surface area contributed by atoms with E-state index in [1.165, 1.54) is 0 Å². The third-order valence-corrected chi connectivity index (χ3v) is 12.6. The number of anilines is 2. The Morgan fingerprint density at radius 1 is 0.979 bits per heavy atom. The van der Waals surface area contributed by atoms with E-state index in [4.69, 9.17) is 0 Å². The molecule has 0 aromatic heterocycles. The number of carbonyl (C=O) groups excluding carboxylic acids is 3. The second-order valence-corrected chi connectivity index (χ2v) is 15.4. The molecule has 3 heterocycles. The molecule has 3 saturated heterocycles. The van der Waals surface area contributed by atoms with Crippen molar-refractivity contribution in [1.29, 1.82) is 0 Å². The summed E-state index contributed by atoms with van der Waals surface area (Å²) in [4.78, 5) is 52.1. The van der Waals surface area contributed by atoms with E-state index < -0.39 is 33.4 Å². The van der Waals surface area contributed by atoms with E-state index in [2.05, 4.69) is 38.8 Å². The number of aliphatic hydroxyl groups is 1. The Labute approximate surface area is 290 Å². The molecule has 2 unspecified atom stereocenters. The molecule has 3 fully saturated rings. The van der Waals surface area contributed by atoms with Crippen LogP contribution in [0.5, 0.6) is 0 Å². The average Bonchev–Trinajstić information content (AvgIpc) is 3.67. The van der Waals surface area contributed by atoms with Gasteiger partial charge < -0.3 is 24.7 Å². The number of hydrogen-bond acceptors (Lipinski definition) is 6. The van der Waals surface area contributed by atoms with Crippen LogP contribution in [0.1, 0.15) is 52.5 Å². The molecule has 2 aromatic rings. The minimum Gasteiger partial charge on any atom is -0.394 e. The maximum absolute atomic E-state index is 15.2. The van der Waals surface area contributed by atoms with Crippen molar-refractivity contribution in [2.45, 2.75) is 75.0 Å². The Kier molecular flexibility index (Phi) is 11.1. The molecule has 3 amide bonds. The highest BCUT2D eigenvalue weighted by Crippen LogP contribution is 2.72. The Balaban J connectivity index is 1.61. The normalized spacial score (nSPS) is 26.2. The van der Waals surface area contributed by atoms with Crippen LogP contribution in [0.15, 0.2) is 79.9 Å². The Bertz CT molecular complexity index is 1480. The summed E-state index contributed by atoms with van der Waals surface area (Å²) in [7, 11) is 0. The van der Waals surface area contributed by atoms with Crippen molar-refractivity contribution in [3.8, 4) is 0 Å². The minimum absolute atomic E-state index is 0.0433. The first-order valence-corrected chi connectivity index (χ1v) is 18.3. The predicted molar refractivity (Wildman–Crippen MR) is 196 cm³/mol. The van der Waals surface area contributed by atoms with Crippen molar-refractivity contribution in [1.82, 2.24) is 9.80 Å². The summed E-state index contributed by atoms with van der Waals surface area (Å²) < 4.78 is -1.29. The molecule has 3 aliphatic heterocycles.